The van der Waals surface area contributed by atoms with Crippen molar-refractivity contribution in [1.82, 2.24) is 5.32 Å². The summed E-state index contributed by atoms with van der Waals surface area (Å²) in [5.41, 5.74) is -0.745. The molecule has 1 heterocycles. The van der Waals surface area contributed by atoms with Crippen LogP contribution in [0.25, 0.3) is 0 Å². The number of rotatable bonds is 3. The Bertz CT molecular complexity index is 310. The molecule has 6 heteroatoms. The van der Waals surface area contributed by atoms with E-state index in [1.165, 1.54) is 0 Å². The topological polar surface area (TPSA) is 83.5 Å². The fraction of sp³-hybridized carbons (Fsp3) is 0.857. The molecule has 0 saturated carbocycles. The van der Waals surface area contributed by atoms with Gasteiger partial charge in [-0.1, -0.05) is 0 Å². The summed E-state index contributed by atoms with van der Waals surface area (Å²) in [6, 6.07) is 0. The fourth-order valence-electron chi connectivity index (χ4n) is 1.63. The molecule has 2 N–H and O–H groups in total. The van der Waals surface area contributed by atoms with Crippen LogP contribution in [0.3, 0.4) is 0 Å². The summed E-state index contributed by atoms with van der Waals surface area (Å²) in [6.45, 7) is 0. The Morgan fingerprint density at radius 1 is 1.62 bits per heavy atom. The van der Waals surface area contributed by atoms with Gasteiger partial charge in [-0.2, -0.15) is 0 Å². The van der Waals surface area contributed by atoms with Gasteiger partial charge >= 0.3 is 5.97 Å². The Morgan fingerprint density at radius 2 is 2.23 bits per heavy atom. The van der Waals surface area contributed by atoms with E-state index in [4.69, 9.17) is 5.11 Å². The van der Waals surface area contributed by atoms with Crippen molar-refractivity contribution in [3.05, 3.63) is 0 Å². The van der Waals surface area contributed by atoms with E-state index >= 15 is 0 Å². The molecule has 0 aliphatic carbocycles. The van der Waals surface area contributed by atoms with Crippen LogP contribution >= 0.6 is 0 Å². The average Bonchev–Trinajstić information content (AvgIpc) is 2.26. The summed E-state index contributed by atoms with van der Waals surface area (Å²) >= 11 is 0. The molecule has 1 unspecified atom stereocenters. The molecule has 0 spiro atoms. The molecule has 0 aromatic carbocycles. The van der Waals surface area contributed by atoms with E-state index in [0.29, 0.717) is 6.42 Å². The minimum atomic E-state index is -3.04. The second-order valence-electron chi connectivity index (χ2n) is 3.44. The highest BCUT2D eigenvalue weighted by molar-refractivity contribution is 7.91. The van der Waals surface area contributed by atoms with Gasteiger partial charge in [-0.15, -0.1) is 0 Å². The van der Waals surface area contributed by atoms with Crippen molar-refractivity contribution in [2.45, 2.75) is 18.4 Å². The van der Waals surface area contributed by atoms with Gasteiger partial charge in [0.05, 0.1) is 17.9 Å². The zero-order valence-corrected chi connectivity index (χ0v) is 8.23. The van der Waals surface area contributed by atoms with Gasteiger partial charge in [-0.3, -0.25) is 4.79 Å². The smallest absolute Gasteiger partial charge is 0.305 e. The predicted octanol–water partition coefficient (Wildman–Crippen LogP) is -0.762. The maximum Gasteiger partial charge on any atom is 0.305 e. The highest BCUT2D eigenvalue weighted by Crippen LogP contribution is 2.26. The van der Waals surface area contributed by atoms with Crippen molar-refractivity contribution < 1.29 is 18.3 Å². The molecule has 5 nitrogen and oxygen atoms in total. The maximum atomic E-state index is 11.2. The third-order valence-corrected chi connectivity index (χ3v) is 4.23. The average molecular weight is 207 g/mol. The highest BCUT2D eigenvalue weighted by Gasteiger charge is 2.42. The predicted molar refractivity (Wildman–Crippen MR) is 47.3 cm³/mol. The van der Waals surface area contributed by atoms with Crippen LogP contribution < -0.4 is 5.32 Å². The van der Waals surface area contributed by atoms with Crippen LogP contribution in [0.15, 0.2) is 0 Å². The minimum Gasteiger partial charge on any atom is -0.481 e. The fourth-order valence-corrected chi connectivity index (χ4v) is 3.71. The van der Waals surface area contributed by atoms with Crippen LogP contribution in [0.2, 0.25) is 0 Å². The van der Waals surface area contributed by atoms with Gasteiger partial charge in [0.2, 0.25) is 0 Å². The third-order valence-electron chi connectivity index (χ3n) is 2.41. The largest absolute Gasteiger partial charge is 0.481 e. The standard InChI is InChI=1S/C7H13NO4S/c1-8-7(4-6(9)10)2-3-13(11,12)5-7/h8H,2-5H2,1H3,(H,9,10). The van der Waals surface area contributed by atoms with Gasteiger partial charge < -0.3 is 10.4 Å². The third kappa shape index (κ3) is 2.41. The summed E-state index contributed by atoms with van der Waals surface area (Å²) in [5.74, 6) is -0.948. The molecule has 0 amide bonds. The quantitative estimate of drug-likeness (QED) is 0.635. The maximum absolute atomic E-state index is 11.2. The van der Waals surface area contributed by atoms with E-state index < -0.39 is 21.3 Å². The van der Waals surface area contributed by atoms with Crippen LogP contribution in [0.4, 0.5) is 0 Å². The van der Waals surface area contributed by atoms with E-state index in [-0.39, 0.29) is 17.9 Å². The summed E-state index contributed by atoms with van der Waals surface area (Å²) in [7, 11) is -1.44. The molecule has 0 aromatic rings. The number of nitrogens with one attached hydrogen (secondary N) is 1. The Balaban J connectivity index is 2.80. The zero-order chi connectivity index (χ0) is 10.1. The first-order valence-electron chi connectivity index (χ1n) is 4.00. The molecule has 13 heavy (non-hydrogen) atoms. The van der Waals surface area contributed by atoms with E-state index in [1.54, 1.807) is 7.05 Å². The molecule has 0 bridgehead atoms. The van der Waals surface area contributed by atoms with E-state index in [1.807, 2.05) is 0 Å². The SMILES string of the molecule is CNC1(CC(=O)O)CCS(=O)(=O)C1. The van der Waals surface area contributed by atoms with E-state index in [0.717, 1.165) is 0 Å². The van der Waals surface area contributed by atoms with Gasteiger partial charge in [-0.05, 0) is 13.5 Å². The van der Waals surface area contributed by atoms with Crippen molar-refractivity contribution >= 4 is 15.8 Å². The molecule has 0 aromatic heterocycles. The van der Waals surface area contributed by atoms with Crippen molar-refractivity contribution in [3.8, 4) is 0 Å². The lowest BCUT2D eigenvalue weighted by molar-refractivity contribution is -0.138. The number of carboxylic acids is 1. The Hall–Kier alpha value is -0.620. The molecule has 0 radical (unpaired) electrons. The monoisotopic (exact) mass is 207 g/mol. The molecule has 1 saturated heterocycles. The van der Waals surface area contributed by atoms with Crippen LogP contribution in [-0.2, 0) is 14.6 Å². The number of sulfone groups is 1. The van der Waals surface area contributed by atoms with Crippen molar-refractivity contribution in [3.63, 3.8) is 0 Å². The number of aliphatic carboxylic acids is 1. The first-order chi connectivity index (χ1) is 5.89. The molecule has 1 aliphatic heterocycles. The summed E-state index contributed by atoms with van der Waals surface area (Å²) in [4.78, 5) is 10.5. The zero-order valence-electron chi connectivity index (χ0n) is 7.41. The van der Waals surface area contributed by atoms with Crippen molar-refractivity contribution in [1.29, 1.82) is 0 Å². The van der Waals surface area contributed by atoms with Crippen LogP contribution in [0.1, 0.15) is 12.8 Å². The molecule has 1 fully saturated rings. The second-order valence-corrected chi connectivity index (χ2v) is 5.63. The molecular formula is C7H13NO4S. The number of hydrogen-bond acceptors (Lipinski definition) is 4. The number of hydrogen-bond donors (Lipinski definition) is 2. The van der Waals surface area contributed by atoms with Gasteiger partial charge in [0.1, 0.15) is 0 Å². The molecule has 1 aliphatic rings. The van der Waals surface area contributed by atoms with Gasteiger partial charge in [0, 0.05) is 5.54 Å². The van der Waals surface area contributed by atoms with E-state index in [2.05, 4.69) is 5.32 Å². The Labute approximate surface area is 77.1 Å². The molecular weight excluding hydrogens is 194 g/mol. The first kappa shape index (κ1) is 10.5. The van der Waals surface area contributed by atoms with Gasteiger partial charge in [0.25, 0.3) is 0 Å². The summed E-state index contributed by atoms with van der Waals surface area (Å²) in [6.07, 6.45) is 0.251. The minimum absolute atomic E-state index is 0.0667. The molecule has 76 valence electrons. The molecule has 1 atom stereocenters. The van der Waals surface area contributed by atoms with E-state index in [9.17, 15) is 13.2 Å². The highest BCUT2D eigenvalue weighted by atomic mass is 32.2. The molecule has 1 rings (SSSR count). The Morgan fingerprint density at radius 3 is 2.54 bits per heavy atom. The van der Waals surface area contributed by atoms with Gasteiger partial charge in [0.15, 0.2) is 9.84 Å². The van der Waals surface area contributed by atoms with Crippen LogP contribution in [0, 0.1) is 0 Å². The second kappa shape index (κ2) is 3.26. The number of carboxylic acid groups (broad SMARTS) is 1. The van der Waals surface area contributed by atoms with Crippen molar-refractivity contribution in [2.24, 2.45) is 0 Å². The van der Waals surface area contributed by atoms with Crippen LogP contribution in [0.5, 0.6) is 0 Å². The lowest BCUT2D eigenvalue weighted by Gasteiger charge is -2.24. The first-order valence-corrected chi connectivity index (χ1v) is 5.82. The normalized spacial score (nSPS) is 31.8. The lowest BCUT2D eigenvalue weighted by Crippen LogP contribution is -2.45. The number of carbonyl (C=O) groups is 1. The summed E-state index contributed by atoms with van der Waals surface area (Å²) < 4.78 is 22.3. The van der Waals surface area contributed by atoms with Gasteiger partial charge in [-0.25, -0.2) is 8.42 Å². The van der Waals surface area contributed by atoms with Crippen LogP contribution in [-0.4, -0.2) is 43.6 Å². The lowest BCUT2D eigenvalue weighted by atomic mass is 9.95. The Kier molecular flexibility index (Phi) is 2.63. The summed E-state index contributed by atoms with van der Waals surface area (Å²) in [5, 5.41) is 11.4. The van der Waals surface area contributed by atoms with Crippen molar-refractivity contribution in [2.75, 3.05) is 18.6 Å².